The quantitative estimate of drug-likeness (QED) is 0.575. The van der Waals surface area contributed by atoms with E-state index in [2.05, 4.69) is 16.6 Å². The molecule has 1 aromatic carbocycles. The van der Waals surface area contributed by atoms with E-state index < -0.39 is 10.0 Å². The number of rotatable bonds is 7. The molecule has 1 aliphatic rings. The van der Waals surface area contributed by atoms with E-state index in [0.717, 1.165) is 6.61 Å². The molecule has 1 aliphatic carbocycles. The first-order valence-corrected chi connectivity index (χ1v) is 8.37. The molecule has 0 aromatic heterocycles. The van der Waals surface area contributed by atoms with Crippen molar-refractivity contribution in [3.8, 4) is 11.8 Å². The van der Waals surface area contributed by atoms with Gasteiger partial charge in [-0.2, -0.15) is 0 Å². The van der Waals surface area contributed by atoms with Crippen molar-refractivity contribution in [2.24, 2.45) is 5.92 Å². The van der Waals surface area contributed by atoms with Gasteiger partial charge in [0.2, 0.25) is 10.0 Å². The largest absolute Gasteiger partial charge is 0.384 e. The monoisotopic (exact) mass is 309 g/mol. The van der Waals surface area contributed by atoms with Crippen molar-refractivity contribution in [2.75, 3.05) is 26.4 Å². The Bertz CT molecular complexity index is 609. The lowest BCUT2D eigenvalue weighted by molar-refractivity contribution is 0.129. The molecular formula is C15H19NO4S. The van der Waals surface area contributed by atoms with Crippen molar-refractivity contribution in [3.05, 3.63) is 29.8 Å². The van der Waals surface area contributed by atoms with Crippen molar-refractivity contribution in [1.29, 1.82) is 0 Å². The van der Waals surface area contributed by atoms with Gasteiger partial charge in [0.05, 0.1) is 11.5 Å². The zero-order valence-corrected chi connectivity index (χ0v) is 12.5. The molecule has 5 nitrogen and oxygen atoms in total. The van der Waals surface area contributed by atoms with Crippen LogP contribution in [0.1, 0.15) is 18.4 Å². The Morgan fingerprint density at radius 3 is 2.62 bits per heavy atom. The van der Waals surface area contributed by atoms with Crippen molar-refractivity contribution in [3.63, 3.8) is 0 Å². The lowest BCUT2D eigenvalue weighted by Crippen LogP contribution is -2.27. The van der Waals surface area contributed by atoms with Gasteiger partial charge in [-0.3, -0.25) is 0 Å². The Kier molecular flexibility index (Phi) is 5.76. The van der Waals surface area contributed by atoms with Crippen LogP contribution in [0.4, 0.5) is 0 Å². The van der Waals surface area contributed by atoms with E-state index in [0.29, 0.717) is 18.1 Å². The van der Waals surface area contributed by atoms with Crippen LogP contribution in [0.3, 0.4) is 0 Å². The van der Waals surface area contributed by atoms with Crippen LogP contribution < -0.4 is 4.72 Å². The summed E-state index contributed by atoms with van der Waals surface area (Å²) >= 11 is 0. The van der Waals surface area contributed by atoms with Gasteiger partial charge in [0.15, 0.2) is 0 Å². The van der Waals surface area contributed by atoms with Crippen LogP contribution in [0.5, 0.6) is 0 Å². The van der Waals surface area contributed by atoms with Gasteiger partial charge in [0.1, 0.15) is 6.61 Å². The van der Waals surface area contributed by atoms with Crippen LogP contribution in [0.25, 0.3) is 0 Å². The fraction of sp³-hybridized carbons (Fsp3) is 0.467. The van der Waals surface area contributed by atoms with Crippen LogP contribution in [-0.4, -0.2) is 39.9 Å². The van der Waals surface area contributed by atoms with Crippen molar-refractivity contribution in [2.45, 2.75) is 17.7 Å². The summed E-state index contributed by atoms with van der Waals surface area (Å²) in [5.74, 6) is 5.90. The molecule has 1 fully saturated rings. The minimum atomic E-state index is -3.51. The Hall–Kier alpha value is -1.39. The predicted octanol–water partition coefficient (Wildman–Crippen LogP) is 0.735. The first-order valence-electron chi connectivity index (χ1n) is 6.89. The maximum atomic E-state index is 12.0. The van der Waals surface area contributed by atoms with Gasteiger partial charge in [-0.25, -0.2) is 13.1 Å². The smallest absolute Gasteiger partial charge is 0.240 e. The van der Waals surface area contributed by atoms with E-state index in [9.17, 15) is 8.42 Å². The third-order valence-electron chi connectivity index (χ3n) is 3.07. The highest BCUT2D eigenvalue weighted by molar-refractivity contribution is 7.89. The average Bonchev–Trinajstić information content (AvgIpc) is 3.29. The summed E-state index contributed by atoms with van der Waals surface area (Å²) < 4.78 is 31.9. The highest BCUT2D eigenvalue weighted by Gasteiger charge is 2.21. The fourth-order valence-corrected chi connectivity index (χ4v) is 2.74. The molecule has 6 heteroatoms. The molecule has 0 amide bonds. The van der Waals surface area contributed by atoms with Gasteiger partial charge in [0, 0.05) is 18.7 Å². The standard InChI is InChI=1S/C15H19NO4S/c17-10-1-2-13-5-7-15(8-6-13)21(18,19)16-9-11-20-12-14-3-4-14/h5-8,14,16-17H,3-4,9-12H2. The van der Waals surface area contributed by atoms with E-state index in [4.69, 9.17) is 9.84 Å². The van der Waals surface area contributed by atoms with Gasteiger partial charge in [-0.15, -0.1) is 0 Å². The van der Waals surface area contributed by atoms with E-state index in [1.54, 1.807) is 12.1 Å². The molecule has 1 aromatic rings. The number of aliphatic hydroxyl groups is 1. The third kappa shape index (κ3) is 5.48. The predicted molar refractivity (Wildman–Crippen MR) is 79.1 cm³/mol. The summed E-state index contributed by atoms with van der Waals surface area (Å²) in [6, 6.07) is 6.21. The first-order chi connectivity index (χ1) is 10.1. The van der Waals surface area contributed by atoms with Crippen LogP contribution in [0, 0.1) is 17.8 Å². The third-order valence-corrected chi connectivity index (χ3v) is 4.54. The highest BCUT2D eigenvalue weighted by Crippen LogP contribution is 2.28. The SMILES string of the molecule is O=S(=O)(NCCOCC1CC1)c1ccc(C#CCO)cc1. The van der Waals surface area contributed by atoms with E-state index in [1.165, 1.54) is 25.0 Å². The van der Waals surface area contributed by atoms with Crippen molar-refractivity contribution in [1.82, 2.24) is 4.72 Å². The second-order valence-corrected chi connectivity index (χ2v) is 6.67. The summed E-state index contributed by atoms with van der Waals surface area (Å²) in [4.78, 5) is 0.194. The van der Waals surface area contributed by atoms with Crippen LogP contribution in [0.15, 0.2) is 29.2 Å². The molecular weight excluding hydrogens is 290 g/mol. The summed E-state index contributed by atoms with van der Waals surface area (Å²) in [5, 5.41) is 8.60. The minimum absolute atomic E-state index is 0.194. The van der Waals surface area contributed by atoms with Crippen LogP contribution >= 0.6 is 0 Å². The number of sulfonamides is 1. The first kappa shape index (κ1) is 16.0. The van der Waals surface area contributed by atoms with Gasteiger partial charge in [-0.05, 0) is 43.0 Å². The topological polar surface area (TPSA) is 75.6 Å². The molecule has 0 bridgehead atoms. The molecule has 1 saturated carbocycles. The van der Waals surface area contributed by atoms with Crippen molar-refractivity contribution >= 4 is 10.0 Å². The molecule has 21 heavy (non-hydrogen) atoms. The van der Waals surface area contributed by atoms with Crippen molar-refractivity contribution < 1.29 is 18.3 Å². The second kappa shape index (κ2) is 7.57. The normalized spacial score (nSPS) is 14.5. The summed E-state index contributed by atoms with van der Waals surface area (Å²) in [5.41, 5.74) is 0.663. The Balaban J connectivity index is 1.82. The maximum Gasteiger partial charge on any atom is 0.240 e. The summed E-state index contributed by atoms with van der Waals surface area (Å²) in [6.07, 6.45) is 2.44. The fourth-order valence-electron chi connectivity index (χ4n) is 1.73. The Morgan fingerprint density at radius 1 is 1.29 bits per heavy atom. The molecule has 0 radical (unpaired) electrons. The number of aliphatic hydroxyl groups excluding tert-OH is 1. The van der Waals surface area contributed by atoms with Crippen LogP contribution in [-0.2, 0) is 14.8 Å². The maximum absolute atomic E-state index is 12.0. The molecule has 0 saturated heterocycles. The number of nitrogens with one attached hydrogen (secondary N) is 1. The summed E-state index contributed by atoms with van der Waals surface area (Å²) in [7, 11) is -3.51. The van der Waals surface area contributed by atoms with Crippen LogP contribution in [0.2, 0.25) is 0 Å². The number of hydrogen-bond acceptors (Lipinski definition) is 4. The number of ether oxygens (including phenoxy) is 1. The number of hydrogen-bond donors (Lipinski definition) is 2. The minimum Gasteiger partial charge on any atom is -0.384 e. The average molecular weight is 309 g/mol. The molecule has 0 spiro atoms. The molecule has 0 heterocycles. The lowest BCUT2D eigenvalue weighted by Gasteiger charge is -2.07. The van der Waals surface area contributed by atoms with E-state index in [-0.39, 0.29) is 18.0 Å². The zero-order chi connectivity index (χ0) is 15.1. The number of benzene rings is 1. The second-order valence-electron chi connectivity index (χ2n) is 4.90. The highest BCUT2D eigenvalue weighted by atomic mass is 32.2. The van der Waals surface area contributed by atoms with Gasteiger partial charge in [-0.1, -0.05) is 11.8 Å². The molecule has 114 valence electrons. The molecule has 2 rings (SSSR count). The lowest BCUT2D eigenvalue weighted by atomic mass is 10.2. The van der Waals surface area contributed by atoms with E-state index in [1.807, 2.05) is 0 Å². The van der Waals surface area contributed by atoms with Gasteiger partial charge >= 0.3 is 0 Å². The van der Waals surface area contributed by atoms with Gasteiger partial charge < -0.3 is 9.84 Å². The van der Waals surface area contributed by atoms with E-state index >= 15 is 0 Å². The molecule has 0 aliphatic heterocycles. The van der Waals surface area contributed by atoms with Gasteiger partial charge in [0.25, 0.3) is 0 Å². The Morgan fingerprint density at radius 2 is 2.00 bits per heavy atom. The molecule has 0 atom stereocenters. The summed E-state index contributed by atoms with van der Waals surface area (Å²) in [6.45, 7) is 1.15. The Labute approximate surface area is 125 Å². The molecule has 0 unspecified atom stereocenters. The zero-order valence-electron chi connectivity index (χ0n) is 11.7. The molecule has 2 N–H and O–H groups in total.